The van der Waals surface area contributed by atoms with Crippen molar-refractivity contribution in [3.63, 3.8) is 0 Å². The summed E-state index contributed by atoms with van der Waals surface area (Å²) in [6.07, 6.45) is 0. The number of aliphatic hydroxyl groups excluding tert-OH is 1. The first kappa shape index (κ1) is 14.9. The highest BCUT2D eigenvalue weighted by molar-refractivity contribution is 5.91. The number of ether oxygens (including phenoxy) is 1. The maximum Gasteiger partial charge on any atom is 0.319 e. The molecule has 0 unspecified atom stereocenters. The van der Waals surface area contributed by atoms with Gasteiger partial charge < -0.3 is 20.5 Å². The predicted octanol–water partition coefficient (Wildman–Crippen LogP) is 2.98. The molecule has 0 aliphatic heterocycles. The third kappa shape index (κ3) is 4.50. The first-order valence-corrected chi connectivity index (χ1v) is 6.69. The average Bonchev–Trinajstić information content (AvgIpc) is 2.50. The minimum Gasteiger partial charge on any atom is -0.455 e. The first-order valence-electron chi connectivity index (χ1n) is 6.69. The molecule has 2 aromatic carbocycles. The highest BCUT2D eigenvalue weighted by Gasteiger charge is 2.10. The Morgan fingerprint density at radius 2 is 1.81 bits per heavy atom. The Morgan fingerprint density at radius 3 is 2.52 bits per heavy atom. The summed E-state index contributed by atoms with van der Waals surface area (Å²) in [7, 11) is 0. The molecule has 0 saturated heterocycles. The van der Waals surface area contributed by atoms with Crippen LogP contribution in [0.5, 0.6) is 11.5 Å². The molecule has 0 fully saturated rings. The van der Waals surface area contributed by atoms with E-state index >= 15 is 0 Å². The Labute approximate surface area is 123 Å². The van der Waals surface area contributed by atoms with Gasteiger partial charge in [-0.1, -0.05) is 30.3 Å². The molecule has 0 spiro atoms. The van der Waals surface area contributed by atoms with E-state index in [9.17, 15) is 4.79 Å². The summed E-state index contributed by atoms with van der Waals surface area (Å²) in [6.45, 7) is 1.60. The Hall–Kier alpha value is -2.53. The van der Waals surface area contributed by atoms with Gasteiger partial charge in [-0.3, -0.25) is 0 Å². The van der Waals surface area contributed by atoms with Crippen LogP contribution in [0, 0.1) is 0 Å². The van der Waals surface area contributed by atoms with Crippen molar-refractivity contribution in [1.29, 1.82) is 0 Å². The normalized spacial score (nSPS) is 11.5. The van der Waals surface area contributed by atoms with Crippen LogP contribution in [0.4, 0.5) is 10.5 Å². The molecule has 5 nitrogen and oxygen atoms in total. The average molecular weight is 286 g/mol. The van der Waals surface area contributed by atoms with E-state index in [-0.39, 0.29) is 18.7 Å². The van der Waals surface area contributed by atoms with E-state index in [1.54, 1.807) is 19.1 Å². The SMILES string of the molecule is C[C@@H](CO)NC(=O)Nc1ccccc1Oc1ccccc1. The third-order valence-corrected chi connectivity index (χ3v) is 2.76. The van der Waals surface area contributed by atoms with Gasteiger partial charge in [0.1, 0.15) is 5.75 Å². The van der Waals surface area contributed by atoms with Gasteiger partial charge in [0.05, 0.1) is 18.3 Å². The number of carbonyl (C=O) groups excluding carboxylic acids is 1. The minimum atomic E-state index is -0.388. The summed E-state index contributed by atoms with van der Waals surface area (Å²) in [4.78, 5) is 11.8. The van der Waals surface area contributed by atoms with E-state index in [0.717, 1.165) is 0 Å². The van der Waals surface area contributed by atoms with E-state index in [1.165, 1.54) is 0 Å². The van der Waals surface area contributed by atoms with Gasteiger partial charge in [0.15, 0.2) is 5.75 Å². The van der Waals surface area contributed by atoms with Crippen LogP contribution in [-0.2, 0) is 0 Å². The standard InChI is InChI=1S/C16H18N2O3/c1-12(11-19)17-16(20)18-14-9-5-6-10-15(14)21-13-7-3-2-4-8-13/h2-10,12,19H,11H2,1H3,(H2,17,18,20)/t12-/m0/s1. The van der Waals surface area contributed by atoms with Crippen molar-refractivity contribution in [1.82, 2.24) is 5.32 Å². The van der Waals surface area contributed by atoms with Gasteiger partial charge in [-0.15, -0.1) is 0 Å². The van der Waals surface area contributed by atoms with Crippen LogP contribution in [0.3, 0.4) is 0 Å². The molecule has 0 aliphatic rings. The highest BCUT2D eigenvalue weighted by Crippen LogP contribution is 2.28. The van der Waals surface area contributed by atoms with E-state index in [1.807, 2.05) is 42.5 Å². The van der Waals surface area contributed by atoms with Crippen LogP contribution in [0.25, 0.3) is 0 Å². The zero-order valence-electron chi connectivity index (χ0n) is 11.7. The number of carbonyl (C=O) groups is 1. The summed E-state index contributed by atoms with van der Waals surface area (Å²) >= 11 is 0. The molecule has 0 aromatic heterocycles. The number of urea groups is 1. The largest absolute Gasteiger partial charge is 0.455 e. The van der Waals surface area contributed by atoms with Crippen molar-refractivity contribution >= 4 is 11.7 Å². The fourth-order valence-corrected chi connectivity index (χ4v) is 1.70. The van der Waals surface area contributed by atoms with Crippen molar-refractivity contribution in [3.05, 3.63) is 54.6 Å². The van der Waals surface area contributed by atoms with Crippen molar-refractivity contribution in [2.45, 2.75) is 13.0 Å². The summed E-state index contributed by atoms with van der Waals surface area (Å²) in [6, 6.07) is 15.8. The molecule has 0 aliphatic carbocycles. The second kappa shape index (κ2) is 7.31. The minimum absolute atomic E-state index is 0.115. The molecule has 0 saturated carbocycles. The van der Waals surface area contributed by atoms with Crippen LogP contribution in [-0.4, -0.2) is 23.8 Å². The van der Waals surface area contributed by atoms with Crippen LogP contribution in [0.2, 0.25) is 0 Å². The number of rotatable bonds is 5. The molecule has 2 amide bonds. The number of anilines is 1. The summed E-state index contributed by atoms with van der Waals surface area (Å²) in [5.41, 5.74) is 0.559. The fraction of sp³-hybridized carbons (Fsp3) is 0.188. The lowest BCUT2D eigenvalue weighted by molar-refractivity contribution is 0.229. The van der Waals surface area contributed by atoms with Crippen molar-refractivity contribution in [2.24, 2.45) is 0 Å². The molecule has 110 valence electrons. The van der Waals surface area contributed by atoms with Crippen molar-refractivity contribution in [3.8, 4) is 11.5 Å². The molecule has 2 aromatic rings. The number of amides is 2. The number of nitrogens with one attached hydrogen (secondary N) is 2. The third-order valence-electron chi connectivity index (χ3n) is 2.76. The van der Waals surface area contributed by atoms with Crippen LogP contribution < -0.4 is 15.4 Å². The number of hydrogen-bond donors (Lipinski definition) is 3. The smallest absolute Gasteiger partial charge is 0.319 e. The summed E-state index contributed by atoms with van der Waals surface area (Å²) in [5.74, 6) is 1.24. The topological polar surface area (TPSA) is 70.6 Å². The van der Waals surface area contributed by atoms with Crippen LogP contribution in [0.15, 0.2) is 54.6 Å². The molecular weight excluding hydrogens is 268 g/mol. The van der Waals surface area contributed by atoms with E-state index in [4.69, 9.17) is 9.84 Å². The summed E-state index contributed by atoms with van der Waals surface area (Å²) in [5, 5.41) is 14.3. The highest BCUT2D eigenvalue weighted by atomic mass is 16.5. The van der Waals surface area contributed by atoms with Gasteiger partial charge in [0.2, 0.25) is 0 Å². The molecule has 1 atom stereocenters. The summed E-state index contributed by atoms with van der Waals surface area (Å²) < 4.78 is 5.75. The van der Waals surface area contributed by atoms with Crippen LogP contribution >= 0.6 is 0 Å². The molecule has 0 radical (unpaired) electrons. The van der Waals surface area contributed by atoms with Gasteiger partial charge in [0.25, 0.3) is 0 Å². The molecule has 0 heterocycles. The van der Waals surface area contributed by atoms with Gasteiger partial charge in [-0.2, -0.15) is 0 Å². The number of para-hydroxylation sites is 3. The molecule has 0 bridgehead atoms. The maximum absolute atomic E-state index is 11.8. The van der Waals surface area contributed by atoms with Gasteiger partial charge >= 0.3 is 6.03 Å². The maximum atomic E-state index is 11.8. The zero-order chi connectivity index (χ0) is 15.1. The van der Waals surface area contributed by atoms with Crippen molar-refractivity contribution < 1.29 is 14.6 Å². The predicted molar refractivity (Wildman–Crippen MR) is 81.7 cm³/mol. The van der Waals surface area contributed by atoms with E-state index < -0.39 is 0 Å². The Balaban J connectivity index is 2.08. The van der Waals surface area contributed by atoms with Gasteiger partial charge in [-0.05, 0) is 31.2 Å². The monoisotopic (exact) mass is 286 g/mol. The molecule has 2 rings (SSSR count). The Morgan fingerprint density at radius 1 is 1.14 bits per heavy atom. The lowest BCUT2D eigenvalue weighted by atomic mass is 10.3. The number of aliphatic hydroxyl groups is 1. The van der Waals surface area contributed by atoms with Crippen molar-refractivity contribution in [2.75, 3.05) is 11.9 Å². The number of benzene rings is 2. The first-order chi connectivity index (χ1) is 10.2. The lowest BCUT2D eigenvalue weighted by Gasteiger charge is -2.14. The Bertz CT molecular complexity index is 587. The van der Waals surface area contributed by atoms with E-state index in [2.05, 4.69) is 10.6 Å². The van der Waals surface area contributed by atoms with E-state index in [0.29, 0.717) is 17.2 Å². The van der Waals surface area contributed by atoms with Crippen LogP contribution in [0.1, 0.15) is 6.92 Å². The second-order valence-electron chi connectivity index (χ2n) is 4.59. The van der Waals surface area contributed by atoms with Gasteiger partial charge in [0, 0.05) is 0 Å². The molecule has 3 N–H and O–H groups in total. The fourth-order valence-electron chi connectivity index (χ4n) is 1.70. The molecular formula is C16H18N2O3. The quantitative estimate of drug-likeness (QED) is 0.791. The second-order valence-corrected chi connectivity index (χ2v) is 4.59. The molecule has 5 heteroatoms. The lowest BCUT2D eigenvalue weighted by Crippen LogP contribution is -2.38. The molecule has 21 heavy (non-hydrogen) atoms. The van der Waals surface area contributed by atoms with Gasteiger partial charge in [-0.25, -0.2) is 4.79 Å². The Kier molecular flexibility index (Phi) is 5.17. The zero-order valence-corrected chi connectivity index (χ0v) is 11.7. The number of hydrogen-bond acceptors (Lipinski definition) is 3.